The smallest absolute Gasteiger partial charge is 0.297 e. The summed E-state index contributed by atoms with van der Waals surface area (Å²) in [5.74, 6) is 0.603. The third-order valence-corrected chi connectivity index (χ3v) is 5.73. The Hall–Kier alpha value is -2.14. The Labute approximate surface area is 128 Å². The number of hydroxylamine groups is 1. The second-order valence-electron chi connectivity index (χ2n) is 6.78. The summed E-state index contributed by atoms with van der Waals surface area (Å²) in [5.41, 5.74) is -0.0489. The van der Waals surface area contributed by atoms with E-state index >= 15 is 0 Å². The molecule has 1 saturated carbocycles. The van der Waals surface area contributed by atoms with Crippen LogP contribution in [0.4, 0.5) is 0 Å². The van der Waals surface area contributed by atoms with Crippen molar-refractivity contribution in [1.82, 2.24) is 5.17 Å². The Morgan fingerprint density at radius 1 is 1.27 bits per heavy atom. The molecule has 0 spiro atoms. The van der Waals surface area contributed by atoms with Crippen molar-refractivity contribution in [3.63, 3.8) is 0 Å². The first kappa shape index (κ1) is 12.4. The topological polar surface area (TPSA) is 55.6 Å². The number of rotatable bonds is 1. The average molecular weight is 296 g/mol. The highest BCUT2D eigenvalue weighted by atomic mass is 16.8. The van der Waals surface area contributed by atoms with Crippen molar-refractivity contribution in [2.45, 2.75) is 25.0 Å². The number of hydrazone groups is 1. The van der Waals surface area contributed by atoms with Gasteiger partial charge in [0.2, 0.25) is 0 Å². The van der Waals surface area contributed by atoms with E-state index in [9.17, 15) is 10.0 Å². The second kappa shape index (κ2) is 3.79. The quantitative estimate of drug-likeness (QED) is 0.449. The molecule has 0 unspecified atom stereocenters. The number of Topliss-reactive ketones (excluding diaryl/α,β-unsaturated/α-hetero) is 1. The van der Waals surface area contributed by atoms with Crippen molar-refractivity contribution in [3.8, 4) is 0 Å². The Bertz CT molecular complexity index is 742. The van der Waals surface area contributed by atoms with Crippen molar-refractivity contribution in [2.24, 2.45) is 17.8 Å². The third-order valence-electron chi connectivity index (χ3n) is 5.73. The molecule has 2 fully saturated rings. The van der Waals surface area contributed by atoms with Crippen LogP contribution in [0.3, 0.4) is 0 Å². The van der Waals surface area contributed by atoms with Gasteiger partial charge >= 0.3 is 0 Å². The van der Waals surface area contributed by atoms with Gasteiger partial charge in [-0.3, -0.25) is 4.79 Å². The van der Waals surface area contributed by atoms with Gasteiger partial charge in [0.15, 0.2) is 5.54 Å². The summed E-state index contributed by atoms with van der Waals surface area (Å²) in [7, 11) is 0. The van der Waals surface area contributed by atoms with Crippen LogP contribution in [0.25, 0.3) is 0 Å². The number of hydrazine groups is 1. The first-order valence-electron chi connectivity index (χ1n) is 7.72. The van der Waals surface area contributed by atoms with Crippen LogP contribution in [0.5, 0.6) is 0 Å². The van der Waals surface area contributed by atoms with Gasteiger partial charge in [0.25, 0.3) is 11.5 Å². The van der Waals surface area contributed by atoms with E-state index in [2.05, 4.69) is 12.2 Å². The molecule has 5 heteroatoms. The van der Waals surface area contributed by atoms with E-state index in [4.69, 9.17) is 4.84 Å². The number of nitrogens with zero attached hydrogens (tertiary/aromatic N) is 2. The first-order valence-corrected chi connectivity index (χ1v) is 7.72. The Kier molecular flexibility index (Phi) is 2.14. The lowest BCUT2D eigenvalue weighted by atomic mass is 9.73. The van der Waals surface area contributed by atoms with Crippen LogP contribution in [0.15, 0.2) is 42.5 Å². The molecule has 5 atom stereocenters. The van der Waals surface area contributed by atoms with Gasteiger partial charge in [-0.15, -0.1) is 0 Å². The van der Waals surface area contributed by atoms with E-state index < -0.39 is 5.54 Å². The Morgan fingerprint density at radius 2 is 2.00 bits per heavy atom. The van der Waals surface area contributed by atoms with Gasteiger partial charge in [-0.1, -0.05) is 30.4 Å². The van der Waals surface area contributed by atoms with E-state index in [-0.39, 0.29) is 23.5 Å². The van der Waals surface area contributed by atoms with E-state index in [1.165, 1.54) is 5.17 Å². The second-order valence-corrected chi connectivity index (χ2v) is 6.78. The molecule has 0 N–H and O–H groups in total. The summed E-state index contributed by atoms with van der Waals surface area (Å²) in [5, 5.41) is 14.0. The summed E-state index contributed by atoms with van der Waals surface area (Å²) >= 11 is 0. The highest BCUT2D eigenvalue weighted by Crippen LogP contribution is 2.57. The minimum Gasteiger partial charge on any atom is -0.594 e. The zero-order chi connectivity index (χ0) is 15.1. The number of fused-ring (bicyclic) bond motifs is 7. The van der Waals surface area contributed by atoms with E-state index in [1.807, 2.05) is 25.1 Å². The number of ketones is 1. The van der Waals surface area contributed by atoms with Crippen molar-refractivity contribution in [3.05, 3.63) is 53.3 Å². The number of hydrogen-bond donors (Lipinski definition) is 0. The largest absolute Gasteiger partial charge is 0.594 e. The fourth-order valence-corrected chi connectivity index (χ4v) is 4.73. The van der Waals surface area contributed by atoms with Gasteiger partial charge < -0.3 is 5.21 Å². The summed E-state index contributed by atoms with van der Waals surface area (Å²) in [6.45, 7) is 1.86. The van der Waals surface area contributed by atoms with Crippen molar-refractivity contribution in [1.29, 1.82) is 0 Å². The predicted octanol–water partition coefficient (Wildman–Crippen LogP) is 1.68. The van der Waals surface area contributed by atoms with Crippen LogP contribution < -0.4 is 0 Å². The lowest BCUT2D eigenvalue weighted by molar-refractivity contribution is -0.719. The molecular formula is C17H16N2O3. The summed E-state index contributed by atoms with van der Waals surface area (Å²) in [6.07, 6.45) is 5.34. The van der Waals surface area contributed by atoms with Crippen LogP contribution >= 0.6 is 0 Å². The molecule has 2 aliphatic heterocycles. The standard InChI is InChI=1S/C17H16N2O3/c1-17-13-11-7-8-12(9-11)15(13)22-19(17)18(21)14(16(17)20)10-5-3-2-4-6-10/h2-8,11-13,15H,9H2,1H3/t11-,12+,13+,15-,17-/m0/s1. The fourth-order valence-electron chi connectivity index (χ4n) is 4.73. The van der Waals surface area contributed by atoms with E-state index in [0.717, 1.165) is 6.42 Å². The maximum absolute atomic E-state index is 13.1. The fraction of sp³-hybridized carbons (Fsp3) is 0.412. The number of hydrogen-bond acceptors (Lipinski definition) is 4. The number of benzene rings is 1. The summed E-state index contributed by atoms with van der Waals surface area (Å²) < 4.78 is 0. The predicted molar refractivity (Wildman–Crippen MR) is 78.5 cm³/mol. The maximum atomic E-state index is 13.1. The van der Waals surface area contributed by atoms with Crippen LogP contribution in [0.1, 0.15) is 18.9 Å². The highest BCUT2D eigenvalue weighted by molar-refractivity contribution is 6.47. The molecule has 2 aliphatic carbocycles. The Balaban J connectivity index is 1.63. The van der Waals surface area contributed by atoms with Gasteiger partial charge in [0, 0.05) is 11.8 Å². The lowest BCUT2D eigenvalue weighted by Gasteiger charge is -2.27. The van der Waals surface area contributed by atoms with E-state index in [0.29, 0.717) is 22.2 Å². The molecule has 0 aromatic heterocycles. The minimum atomic E-state index is -0.887. The molecule has 1 aromatic carbocycles. The average Bonchev–Trinajstić information content (AvgIpc) is 3.23. The third kappa shape index (κ3) is 1.21. The summed E-state index contributed by atoms with van der Waals surface area (Å²) in [4.78, 5) is 19.7. The normalized spacial score (nSPS) is 41.5. The molecular weight excluding hydrogens is 280 g/mol. The number of allylic oxidation sites excluding steroid dienone is 1. The van der Waals surface area contributed by atoms with Crippen LogP contribution in [-0.4, -0.2) is 33.2 Å². The van der Waals surface area contributed by atoms with Gasteiger partial charge in [-0.25, -0.2) is 4.84 Å². The molecule has 0 amide bonds. The minimum absolute atomic E-state index is 0.0438. The van der Waals surface area contributed by atoms with Crippen LogP contribution in [0.2, 0.25) is 0 Å². The molecule has 22 heavy (non-hydrogen) atoms. The van der Waals surface area contributed by atoms with Crippen molar-refractivity contribution < 1.29 is 14.5 Å². The molecule has 1 aromatic rings. The van der Waals surface area contributed by atoms with Gasteiger partial charge in [-0.2, -0.15) is 0 Å². The Morgan fingerprint density at radius 3 is 2.77 bits per heavy atom. The van der Waals surface area contributed by atoms with Gasteiger partial charge in [-0.05, 0) is 41.4 Å². The van der Waals surface area contributed by atoms with Gasteiger partial charge in [0.05, 0.1) is 5.56 Å². The number of carbonyl (C=O) groups is 1. The monoisotopic (exact) mass is 296 g/mol. The molecule has 4 aliphatic rings. The highest BCUT2D eigenvalue weighted by Gasteiger charge is 2.72. The molecule has 5 nitrogen and oxygen atoms in total. The summed E-state index contributed by atoms with van der Waals surface area (Å²) in [6, 6.07) is 9.12. The van der Waals surface area contributed by atoms with Gasteiger partial charge in [0.1, 0.15) is 6.10 Å². The molecule has 112 valence electrons. The van der Waals surface area contributed by atoms with Crippen LogP contribution in [-0.2, 0) is 9.63 Å². The zero-order valence-electron chi connectivity index (χ0n) is 12.2. The van der Waals surface area contributed by atoms with E-state index in [1.54, 1.807) is 12.1 Å². The molecule has 2 heterocycles. The van der Waals surface area contributed by atoms with Crippen molar-refractivity contribution >= 4 is 11.5 Å². The lowest BCUT2D eigenvalue weighted by Crippen LogP contribution is -2.50. The SMILES string of the molecule is C[C@]12C(=O)C(c3ccccc3)=[N+]([O-])N1O[C@@H]1[C@H]2[C@H]2C=C[C@@H]1C2. The molecule has 2 bridgehead atoms. The van der Waals surface area contributed by atoms with Crippen molar-refractivity contribution in [2.75, 3.05) is 0 Å². The molecule has 1 saturated heterocycles. The zero-order valence-corrected chi connectivity index (χ0v) is 12.2. The van der Waals surface area contributed by atoms with Crippen LogP contribution in [0, 0.1) is 23.0 Å². The number of carbonyl (C=O) groups excluding carboxylic acids is 1. The molecule has 0 radical (unpaired) electrons. The first-order chi connectivity index (χ1) is 10.6. The molecule has 5 rings (SSSR count). The maximum Gasteiger partial charge on any atom is 0.297 e.